The molecule has 1 rings (SSSR count). The summed E-state index contributed by atoms with van der Waals surface area (Å²) in [5.74, 6) is 0.955. The Bertz CT molecular complexity index is 380. The second-order valence-electron chi connectivity index (χ2n) is 3.35. The maximum Gasteiger partial charge on any atom is 0.140 e. The van der Waals surface area contributed by atoms with Crippen LogP contribution in [0.2, 0.25) is 5.02 Å². The zero-order valence-corrected chi connectivity index (χ0v) is 9.22. The molecular weight excluding hydrogens is 198 g/mol. The van der Waals surface area contributed by atoms with Crippen LogP contribution in [0.15, 0.2) is 12.1 Å². The van der Waals surface area contributed by atoms with Crippen molar-refractivity contribution in [3.8, 4) is 11.8 Å². The van der Waals surface area contributed by atoms with Gasteiger partial charge in [-0.1, -0.05) is 25.4 Å². The number of hydrogen-bond acceptors (Lipinski definition) is 2. The van der Waals surface area contributed by atoms with Gasteiger partial charge in [-0.3, -0.25) is 0 Å². The lowest BCUT2D eigenvalue weighted by Crippen LogP contribution is -1.96. The van der Waals surface area contributed by atoms with Gasteiger partial charge in [0.15, 0.2) is 0 Å². The summed E-state index contributed by atoms with van der Waals surface area (Å²) in [6, 6.07) is 5.51. The Morgan fingerprint density at radius 3 is 2.50 bits per heavy atom. The molecule has 0 atom stereocenters. The number of nitrogens with zero attached hydrogens (tertiary/aromatic N) is 1. The molecule has 0 radical (unpaired) electrons. The summed E-state index contributed by atoms with van der Waals surface area (Å²) in [6.07, 6.45) is 0. The van der Waals surface area contributed by atoms with Gasteiger partial charge in [-0.2, -0.15) is 5.26 Å². The summed E-state index contributed by atoms with van der Waals surface area (Å²) in [4.78, 5) is 0. The number of methoxy groups -OCH3 is 1. The van der Waals surface area contributed by atoms with E-state index in [1.54, 1.807) is 13.2 Å². The van der Waals surface area contributed by atoms with Gasteiger partial charge in [-0.15, -0.1) is 0 Å². The number of ether oxygens (including phenoxy) is 1. The molecule has 0 fully saturated rings. The standard InChI is InChI=1S/C11H12ClNO/c1-7(2)9-4-8(6-13)5-10(12)11(9)14-3/h4-5,7H,1-3H3. The lowest BCUT2D eigenvalue weighted by atomic mass is 10.00. The van der Waals surface area contributed by atoms with E-state index in [9.17, 15) is 0 Å². The molecule has 74 valence electrons. The second kappa shape index (κ2) is 4.34. The second-order valence-corrected chi connectivity index (χ2v) is 3.75. The van der Waals surface area contributed by atoms with Crippen LogP contribution in [0.5, 0.6) is 5.75 Å². The predicted octanol–water partition coefficient (Wildman–Crippen LogP) is 3.34. The van der Waals surface area contributed by atoms with Crippen LogP contribution in [-0.4, -0.2) is 7.11 Å². The van der Waals surface area contributed by atoms with Gasteiger partial charge in [0.05, 0.1) is 23.8 Å². The average Bonchev–Trinajstić information content (AvgIpc) is 2.16. The summed E-state index contributed by atoms with van der Waals surface area (Å²) in [7, 11) is 1.58. The summed E-state index contributed by atoms with van der Waals surface area (Å²) in [5.41, 5.74) is 1.54. The van der Waals surface area contributed by atoms with Gasteiger partial charge < -0.3 is 4.74 Å². The van der Waals surface area contributed by atoms with Crippen molar-refractivity contribution in [1.82, 2.24) is 0 Å². The molecule has 0 aromatic heterocycles. The van der Waals surface area contributed by atoms with Crippen LogP contribution in [0, 0.1) is 11.3 Å². The monoisotopic (exact) mass is 209 g/mol. The van der Waals surface area contributed by atoms with E-state index in [-0.39, 0.29) is 5.92 Å². The van der Waals surface area contributed by atoms with Crippen LogP contribution in [0.3, 0.4) is 0 Å². The number of nitriles is 1. The van der Waals surface area contributed by atoms with Gasteiger partial charge >= 0.3 is 0 Å². The van der Waals surface area contributed by atoms with Crippen LogP contribution in [-0.2, 0) is 0 Å². The topological polar surface area (TPSA) is 33.0 Å². The highest BCUT2D eigenvalue weighted by Gasteiger charge is 2.12. The van der Waals surface area contributed by atoms with Crippen molar-refractivity contribution in [2.24, 2.45) is 0 Å². The van der Waals surface area contributed by atoms with Gasteiger partial charge in [0.1, 0.15) is 5.75 Å². The van der Waals surface area contributed by atoms with Gasteiger partial charge in [0.25, 0.3) is 0 Å². The Hall–Kier alpha value is -1.20. The Kier molecular flexibility index (Phi) is 3.38. The third kappa shape index (κ3) is 2.00. The van der Waals surface area contributed by atoms with Crippen molar-refractivity contribution < 1.29 is 4.74 Å². The minimum atomic E-state index is 0.288. The quantitative estimate of drug-likeness (QED) is 0.749. The van der Waals surface area contributed by atoms with E-state index in [1.807, 2.05) is 19.9 Å². The highest BCUT2D eigenvalue weighted by Crippen LogP contribution is 2.34. The molecule has 0 N–H and O–H groups in total. The minimum Gasteiger partial charge on any atom is -0.495 e. The van der Waals surface area contributed by atoms with Crippen molar-refractivity contribution in [2.75, 3.05) is 7.11 Å². The van der Waals surface area contributed by atoms with E-state index < -0.39 is 0 Å². The maximum atomic E-state index is 8.78. The number of rotatable bonds is 2. The van der Waals surface area contributed by atoms with E-state index in [2.05, 4.69) is 6.07 Å². The van der Waals surface area contributed by atoms with Crippen LogP contribution in [0.1, 0.15) is 30.9 Å². The molecule has 0 amide bonds. The average molecular weight is 210 g/mol. The summed E-state index contributed by atoms with van der Waals surface area (Å²) in [6.45, 7) is 4.07. The molecule has 0 bridgehead atoms. The summed E-state index contributed by atoms with van der Waals surface area (Å²) >= 11 is 5.98. The molecule has 0 saturated carbocycles. The van der Waals surface area contributed by atoms with Gasteiger partial charge in [-0.05, 0) is 23.6 Å². The van der Waals surface area contributed by atoms with E-state index in [1.165, 1.54) is 0 Å². The fourth-order valence-corrected chi connectivity index (χ4v) is 1.63. The van der Waals surface area contributed by atoms with E-state index >= 15 is 0 Å². The third-order valence-corrected chi connectivity index (χ3v) is 2.31. The van der Waals surface area contributed by atoms with Crippen LogP contribution in [0.4, 0.5) is 0 Å². The predicted molar refractivity (Wildman–Crippen MR) is 56.8 cm³/mol. The molecule has 0 unspecified atom stereocenters. The first-order valence-electron chi connectivity index (χ1n) is 4.37. The van der Waals surface area contributed by atoms with E-state index in [0.29, 0.717) is 16.3 Å². The zero-order valence-electron chi connectivity index (χ0n) is 8.47. The van der Waals surface area contributed by atoms with Crippen molar-refractivity contribution >= 4 is 11.6 Å². The lowest BCUT2D eigenvalue weighted by Gasteiger charge is -2.13. The highest BCUT2D eigenvalue weighted by molar-refractivity contribution is 6.32. The van der Waals surface area contributed by atoms with E-state index in [4.69, 9.17) is 21.6 Å². The molecule has 0 aliphatic rings. The Morgan fingerprint density at radius 2 is 2.07 bits per heavy atom. The van der Waals surface area contributed by atoms with E-state index in [0.717, 1.165) is 5.56 Å². The largest absolute Gasteiger partial charge is 0.495 e. The molecule has 14 heavy (non-hydrogen) atoms. The van der Waals surface area contributed by atoms with Gasteiger partial charge in [0, 0.05) is 0 Å². The first-order chi connectivity index (χ1) is 6.60. The normalized spacial score (nSPS) is 10.0. The fraction of sp³-hybridized carbons (Fsp3) is 0.364. The molecule has 0 aliphatic heterocycles. The minimum absolute atomic E-state index is 0.288. The van der Waals surface area contributed by atoms with Crippen molar-refractivity contribution in [1.29, 1.82) is 5.26 Å². The van der Waals surface area contributed by atoms with Crippen molar-refractivity contribution in [2.45, 2.75) is 19.8 Å². The molecule has 0 heterocycles. The molecular formula is C11H12ClNO. The Labute approximate surface area is 89.1 Å². The fourth-order valence-electron chi connectivity index (χ4n) is 1.32. The first-order valence-corrected chi connectivity index (χ1v) is 4.75. The number of halogens is 1. The molecule has 0 spiro atoms. The summed E-state index contributed by atoms with van der Waals surface area (Å²) in [5, 5.41) is 9.28. The smallest absolute Gasteiger partial charge is 0.140 e. The molecule has 3 heteroatoms. The first kappa shape index (κ1) is 10.9. The molecule has 1 aromatic carbocycles. The van der Waals surface area contributed by atoms with Crippen molar-refractivity contribution in [3.63, 3.8) is 0 Å². The molecule has 1 aromatic rings. The zero-order chi connectivity index (χ0) is 10.7. The number of benzene rings is 1. The Morgan fingerprint density at radius 1 is 1.43 bits per heavy atom. The number of hydrogen-bond donors (Lipinski definition) is 0. The van der Waals surface area contributed by atoms with Crippen molar-refractivity contribution in [3.05, 3.63) is 28.3 Å². The molecule has 0 aliphatic carbocycles. The SMILES string of the molecule is COc1c(Cl)cc(C#N)cc1C(C)C. The third-order valence-electron chi connectivity index (χ3n) is 2.03. The van der Waals surface area contributed by atoms with Gasteiger partial charge in [0.2, 0.25) is 0 Å². The summed E-state index contributed by atoms with van der Waals surface area (Å²) < 4.78 is 5.20. The molecule has 2 nitrogen and oxygen atoms in total. The highest BCUT2D eigenvalue weighted by atomic mass is 35.5. The maximum absolute atomic E-state index is 8.78. The molecule has 0 saturated heterocycles. The van der Waals surface area contributed by atoms with Gasteiger partial charge in [-0.25, -0.2) is 0 Å². The Balaban J connectivity index is 3.37. The van der Waals surface area contributed by atoms with Crippen LogP contribution in [0.25, 0.3) is 0 Å². The van der Waals surface area contributed by atoms with Crippen LogP contribution >= 0.6 is 11.6 Å². The van der Waals surface area contributed by atoms with Crippen LogP contribution < -0.4 is 4.74 Å². The lowest BCUT2D eigenvalue weighted by molar-refractivity contribution is 0.408.